The zero-order chi connectivity index (χ0) is 15.9. The first-order valence-corrected chi connectivity index (χ1v) is 6.61. The number of nitrogens with zero attached hydrogens (tertiary/aromatic N) is 1. The van der Waals surface area contributed by atoms with Crippen LogP contribution in [0.25, 0.3) is 0 Å². The van der Waals surface area contributed by atoms with Gasteiger partial charge < -0.3 is 10.1 Å². The van der Waals surface area contributed by atoms with E-state index in [1.54, 1.807) is 24.3 Å². The van der Waals surface area contributed by atoms with Crippen molar-refractivity contribution in [1.29, 1.82) is 5.26 Å². The van der Waals surface area contributed by atoms with Crippen LogP contribution in [0.15, 0.2) is 24.3 Å². The smallest absolute Gasteiger partial charge is 0.327 e. The number of benzene rings is 1. The zero-order valence-corrected chi connectivity index (χ0v) is 11.6. The number of hydrogen-bond donors (Lipinski definition) is 3. The van der Waals surface area contributed by atoms with E-state index in [0.29, 0.717) is 5.56 Å². The fourth-order valence-corrected chi connectivity index (χ4v) is 1.53. The van der Waals surface area contributed by atoms with Gasteiger partial charge in [0.15, 0.2) is 6.61 Å². The predicted octanol–water partition coefficient (Wildman–Crippen LogP) is -0.637. The molecule has 0 unspecified atom stereocenters. The Morgan fingerprint density at radius 3 is 2.59 bits per heavy atom. The maximum absolute atomic E-state index is 11.5. The van der Waals surface area contributed by atoms with Gasteiger partial charge in [-0.3, -0.25) is 25.2 Å². The standard InChI is InChI=1S/C14H14N4O4/c15-7-9-3-1-2-4-11(9)22-8-12(19)17-18-14(21)13(20)16-10-5-6-10/h1-4,10H,5-6,8H2,(H,16,20)(H,17,19)(H,18,21). The van der Waals surface area contributed by atoms with Gasteiger partial charge in [-0.15, -0.1) is 0 Å². The first-order valence-electron chi connectivity index (χ1n) is 6.61. The highest BCUT2D eigenvalue weighted by molar-refractivity contribution is 6.35. The van der Waals surface area contributed by atoms with Crippen LogP contribution in [-0.2, 0) is 14.4 Å². The molecule has 3 N–H and O–H groups in total. The summed E-state index contributed by atoms with van der Waals surface area (Å²) in [5, 5.41) is 11.3. The fraction of sp³-hybridized carbons (Fsp3) is 0.286. The summed E-state index contributed by atoms with van der Waals surface area (Å²) in [6, 6.07) is 8.42. The molecule has 8 nitrogen and oxygen atoms in total. The number of rotatable bonds is 4. The average Bonchev–Trinajstić information content (AvgIpc) is 3.34. The van der Waals surface area contributed by atoms with Crippen molar-refractivity contribution >= 4 is 17.7 Å². The molecule has 22 heavy (non-hydrogen) atoms. The second-order valence-corrected chi connectivity index (χ2v) is 4.65. The molecule has 0 aliphatic heterocycles. The van der Waals surface area contributed by atoms with Gasteiger partial charge >= 0.3 is 11.8 Å². The van der Waals surface area contributed by atoms with Gasteiger partial charge in [0.25, 0.3) is 5.91 Å². The molecular formula is C14H14N4O4. The van der Waals surface area contributed by atoms with Gasteiger partial charge in [0.05, 0.1) is 5.56 Å². The van der Waals surface area contributed by atoms with E-state index in [0.717, 1.165) is 12.8 Å². The maximum Gasteiger partial charge on any atom is 0.327 e. The van der Waals surface area contributed by atoms with Crippen molar-refractivity contribution < 1.29 is 19.1 Å². The van der Waals surface area contributed by atoms with Gasteiger partial charge in [-0.25, -0.2) is 0 Å². The summed E-state index contributed by atoms with van der Waals surface area (Å²) in [7, 11) is 0. The van der Waals surface area contributed by atoms with Crippen LogP contribution in [0.5, 0.6) is 5.75 Å². The fourth-order valence-electron chi connectivity index (χ4n) is 1.53. The van der Waals surface area contributed by atoms with E-state index in [2.05, 4.69) is 10.7 Å². The van der Waals surface area contributed by atoms with Crippen LogP contribution in [-0.4, -0.2) is 30.4 Å². The van der Waals surface area contributed by atoms with E-state index in [-0.39, 0.29) is 11.8 Å². The molecule has 0 heterocycles. The minimum atomic E-state index is -0.947. The Kier molecular flexibility index (Phi) is 4.93. The Morgan fingerprint density at radius 1 is 1.18 bits per heavy atom. The second-order valence-electron chi connectivity index (χ2n) is 4.65. The lowest BCUT2D eigenvalue weighted by Crippen LogP contribution is -2.50. The van der Waals surface area contributed by atoms with E-state index in [4.69, 9.17) is 10.00 Å². The number of hydrazine groups is 1. The van der Waals surface area contributed by atoms with Crippen LogP contribution >= 0.6 is 0 Å². The summed E-state index contributed by atoms with van der Waals surface area (Å²) in [6.45, 7) is -0.400. The monoisotopic (exact) mass is 302 g/mol. The molecule has 1 aliphatic rings. The number of carbonyl (C=O) groups excluding carboxylic acids is 3. The first-order chi connectivity index (χ1) is 10.6. The van der Waals surface area contributed by atoms with E-state index in [1.165, 1.54) is 0 Å². The maximum atomic E-state index is 11.5. The second kappa shape index (κ2) is 7.08. The van der Waals surface area contributed by atoms with Crippen LogP contribution in [0.3, 0.4) is 0 Å². The van der Waals surface area contributed by atoms with E-state index < -0.39 is 24.3 Å². The van der Waals surface area contributed by atoms with Gasteiger partial charge in [0, 0.05) is 6.04 Å². The van der Waals surface area contributed by atoms with Crippen molar-refractivity contribution in [1.82, 2.24) is 16.2 Å². The minimum absolute atomic E-state index is 0.0553. The highest BCUT2D eigenvalue weighted by Gasteiger charge is 2.26. The molecule has 8 heteroatoms. The van der Waals surface area contributed by atoms with Crippen molar-refractivity contribution in [3.63, 3.8) is 0 Å². The summed E-state index contributed by atoms with van der Waals surface area (Å²) in [4.78, 5) is 34.2. The summed E-state index contributed by atoms with van der Waals surface area (Å²) in [6.07, 6.45) is 1.72. The molecule has 0 bridgehead atoms. The summed E-state index contributed by atoms with van der Waals surface area (Å²) in [5.74, 6) is -2.13. The number of ether oxygens (including phenoxy) is 1. The lowest BCUT2D eigenvalue weighted by molar-refractivity contribution is -0.141. The lowest BCUT2D eigenvalue weighted by atomic mass is 10.2. The summed E-state index contributed by atoms with van der Waals surface area (Å²) in [5.41, 5.74) is 4.34. The highest BCUT2D eigenvalue weighted by Crippen LogP contribution is 2.18. The van der Waals surface area contributed by atoms with Gasteiger partial charge in [-0.1, -0.05) is 12.1 Å². The number of carbonyl (C=O) groups is 3. The number of hydrogen-bond acceptors (Lipinski definition) is 5. The van der Waals surface area contributed by atoms with Crippen molar-refractivity contribution in [3.8, 4) is 11.8 Å². The van der Waals surface area contributed by atoms with Crippen molar-refractivity contribution in [2.24, 2.45) is 0 Å². The number of nitriles is 1. The Hall–Kier alpha value is -3.08. The van der Waals surface area contributed by atoms with Crippen molar-refractivity contribution in [3.05, 3.63) is 29.8 Å². The lowest BCUT2D eigenvalue weighted by Gasteiger charge is -2.09. The van der Waals surface area contributed by atoms with Crippen LogP contribution in [0.1, 0.15) is 18.4 Å². The van der Waals surface area contributed by atoms with Gasteiger partial charge in [0.2, 0.25) is 0 Å². The number of amides is 3. The van der Waals surface area contributed by atoms with Gasteiger partial charge in [-0.2, -0.15) is 5.26 Å². The minimum Gasteiger partial charge on any atom is -0.482 e. The SMILES string of the molecule is N#Cc1ccccc1OCC(=O)NNC(=O)C(=O)NC1CC1. The Bertz CT molecular complexity index is 634. The topological polar surface area (TPSA) is 120 Å². The molecule has 2 rings (SSSR count). The Morgan fingerprint density at radius 2 is 1.91 bits per heavy atom. The van der Waals surface area contributed by atoms with E-state index in [9.17, 15) is 14.4 Å². The molecule has 1 saturated carbocycles. The first kappa shape index (κ1) is 15.3. The zero-order valence-electron chi connectivity index (χ0n) is 11.6. The van der Waals surface area contributed by atoms with Crippen molar-refractivity contribution in [2.45, 2.75) is 18.9 Å². The largest absolute Gasteiger partial charge is 0.482 e. The Balaban J connectivity index is 1.72. The highest BCUT2D eigenvalue weighted by atomic mass is 16.5. The average molecular weight is 302 g/mol. The van der Waals surface area contributed by atoms with Crippen LogP contribution < -0.4 is 20.9 Å². The predicted molar refractivity (Wildman–Crippen MR) is 74.1 cm³/mol. The van der Waals surface area contributed by atoms with Crippen LogP contribution in [0.2, 0.25) is 0 Å². The molecule has 1 fully saturated rings. The van der Waals surface area contributed by atoms with E-state index >= 15 is 0 Å². The molecule has 0 spiro atoms. The van der Waals surface area contributed by atoms with Gasteiger partial charge in [-0.05, 0) is 25.0 Å². The Labute approximate surface area is 126 Å². The third kappa shape index (κ3) is 4.49. The molecule has 114 valence electrons. The quantitative estimate of drug-likeness (QED) is 0.505. The van der Waals surface area contributed by atoms with Crippen LogP contribution in [0.4, 0.5) is 0 Å². The molecule has 1 aromatic rings. The molecule has 0 aromatic heterocycles. The normalized spacial score (nSPS) is 12.7. The summed E-state index contributed by atoms with van der Waals surface area (Å²) < 4.78 is 5.17. The molecule has 0 radical (unpaired) electrons. The summed E-state index contributed by atoms with van der Waals surface area (Å²) >= 11 is 0. The van der Waals surface area contributed by atoms with Gasteiger partial charge in [0.1, 0.15) is 11.8 Å². The number of para-hydroxylation sites is 1. The molecule has 3 amide bonds. The third-order valence-electron chi connectivity index (χ3n) is 2.80. The molecule has 0 atom stereocenters. The van der Waals surface area contributed by atoms with Crippen molar-refractivity contribution in [2.75, 3.05) is 6.61 Å². The molecule has 0 saturated heterocycles. The molecule has 1 aromatic carbocycles. The molecule has 1 aliphatic carbocycles. The third-order valence-corrected chi connectivity index (χ3v) is 2.80. The molecular weight excluding hydrogens is 288 g/mol. The number of nitrogens with one attached hydrogen (secondary N) is 3. The van der Waals surface area contributed by atoms with Crippen LogP contribution in [0, 0.1) is 11.3 Å². The van der Waals surface area contributed by atoms with E-state index in [1.807, 2.05) is 11.5 Å².